The first-order chi connectivity index (χ1) is 5.27. The lowest BCUT2D eigenvalue weighted by Gasteiger charge is -2.30. The molecule has 0 radical (unpaired) electrons. The van der Waals surface area contributed by atoms with Gasteiger partial charge in [0.1, 0.15) is 0 Å². The predicted molar refractivity (Wildman–Crippen MR) is 50.5 cm³/mol. The molecule has 0 unspecified atom stereocenters. The van der Waals surface area contributed by atoms with Crippen LogP contribution in [0.3, 0.4) is 0 Å². The normalized spacial score (nSPS) is 23.5. The summed E-state index contributed by atoms with van der Waals surface area (Å²) in [6, 6.07) is 0. The Kier molecular flexibility index (Phi) is 4.06. The van der Waals surface area contributed by atoms with Gasteiger partial charge in [-0.25, -0.2) is 0 Å². The van der Waals surface area contributed by atoms with E-state index in [1.165, 1.54) is 23.5 Å². The highest BCUT2D eigenvalue weighted by atomic mass is 32.2. The summed E-state index contributed by atoms with van der Waals surface area (Å²) >= 11 is 3.00. The summed E-state index contributed by atoms with van der Waals surface area (Å²) in [5.41, 5.74) is 0. The summed E-state index contributed by atoms with van der Waals surface area (Å²) in [5.74, 6) is 1.26. The molecule has 1 heterocycles. The topological polar surface area (TPSA) is 29.5 Å². The Balaban J connectivity index is 2.25. The third kappa shape index (κ3) is 3.23. The Morgan fingerprint density at radius 3 is 2.64 bits per heavy atom. The third-order valence-electron chi connectivity index (χ3n) is 1.58. The summed E-state index contributed by atoms with van der Waals surface area (Å²) in [4.78, 5) is 0. The molecule has 1 fully saturated rings. The first-order valence-corrected chi connectivity index (χ1v) is 5.82. The molecule has 0 aromatic carbocycles. The lowest BCUT2D eigenvalue weighted by molar-refractivity contribution is 0.181. The second-order valence-corrected chi connectivity index (χ2v) is 5.20. The van der Waals surface area contributed by atoms with E-state index in [2.05, 4.69) is 6.92 Å². The fourth-order valence-corrected chi connectivity index (χ4v) is 2.89. The van der Waals surface area contributed by atoms with E-state index in [1.807, 2.05) is 0 Å². The number of hydrogen-bond donors (Lipinski definition) is 1. The van der Waals surface area contributed by atoms with Crippen LogP contribution in [-0.4, -0.2) is 21.2 Å². The molecule has 2 nitrogen and oxygen atoms in total. The monoisotopic (exact) mass is 194 g/mol. The van der Waals surface area contributed by atoms with Crippen molar-refractivity contribution in [3.8, 4) is 0 Å². The van der Waals surface area contributed by atoms with E-state index in [4.69, 9.17) is 4.74 Å². The highest BCUT2D eigenvalue weighted by Crippen LogP contribution is 2.42. The van der Waals surface area contributed by atoms with E-state index >= 15 is 0 Å². The molecule has 66 valence electrons. The van der Waals surface area contributed by atoms with Crippen molar-refractivity contribution in [3.63, 3.8) is 0 Å². The van der Waals surface area contributed by atoms with Gasteiger partial charge < -0.3 is 9.84 Å². The lowest BCUT2D eigenvalue weighted by Crippen LogP contribution is -2.25. The minimum atomic E-state index is -0.561. The smallest absolute Gasteiger partial charge is 0.161 e. The van der Waals surface area contributed by atoms with Gasteiger partial charge in [0, 0.05) is 0 Å². The molecule has 0 aliphatic carbocycles. The highest BCUT2D eigenvalue weighted by Gasteiger charge is 2.30. The van der Waals surface area contributed by atoms with Crippen LogP contribution in [0.15, 0.2) is 0 Å². The molecule has 0 aromatic heterocycles. The van der Waals surface area contributed by atoms with Crippen LogP contribution in [0, 0.1) is 0 Å². The molecule has 1 aliphatic heterocycles. The van der Waals surface area contributed by atoms with Crippen LogP contribution < -0.4 is 0 Å². The largest absolute Gasteiger partial charge is 0.370 e. The number of hydrogen-bond acceptors (Lipinski definition) is 4. The average molecular weight is 194 g/mol. The van der Waals surface area contributed by atoms with Crippen LogP contribution >= 0.6 is 23.5 Å². The van der Waals surface area contributed by atoms with Gasteiger partial charge in [0.25, 0.3) is 0 Å². The van der Waals surface area contributed by atoms with E-state index in [1.54, 1.807) is 0 Å². The van der Waals surface area contributed by atoms with Gasteiger partial charge in [0.05, 0.1) is 11.9 Å². The molecule has 1 saturated heterocycles. The minimum Gasteiger partial charge on any atom is -0.370 e. The van der Waals surface area contributed by atoms with Crippen molar-refractivity contribution in [3.05, 3.63) is 0 Å². The number of rotatable bonds is 3. The van der Waals surface area contributed by atoms with E-state index in [-0.39, 0.29) is 0 Å². The molecule has 0 aromatic rings. The zero-order valence-electron chi connectivity index (χ0n) is 6.71. The molecule has 0 amide bonds. The van der Waals surface area contributed by atoms with Crippen molar-refractivity contribution in [2.75, 3.05) is 11.9 Å². The number of ether oxygens (including phenoxy) is 1. The van der Waals surface area contributed by atoms with Gasteiger partial charge in [-0.15, -0.1) is 0 Å². The number of unbranched alkanes of at least 4 members (excludes halogenated alkanes) is 1. The summed E-state index contributed by atoms with van der Waals surface area (Å²) in [7, 11) is 0. The van der Waals surface area contributed by atoms with E-state index in [0.29, 0.717) is 11.9 Å². The Morgan fingerprint density at radius 1 is 1.45 bits per heavy atom. The molecule has 0 bridgehead atoms. The fourth-order valence-electron chi connectivity index (χ4n) is 0.888. The van der Waals surface area contributed by atoms with Crippen LogP contribution in [0.1, 0.15) is 26.2 Å². The van der Waals surface area contributed by atoms with E-state index in [0.717, 1.165) is 19.3 Å². The Hall–Kier alpha value is 0.620. The van der Waals surface area contributed by atoms with Gasteiger partial charge in [-0.05, 0) is 12.8 Å². The SMILES string of the molecule is CCCCC1(O)SCOCS1. The molecular formula is C7H14O2S2. The van der Waals surface area contributed by atoms with Crippen molar-refractivity contribution in [2.24, 2.45) is 0 Å². The molecule has 1 rings (SSSR count). The predicted octanol–water partition coefficient (Wildman–Crippen LogP) is 2.23. The molecule has 1 aliphatic rings. The number of thioether (sulfide) groups is 2. The van der Waals surface area contributed by atoms with E-state index < -0.39 is 4.27 Å². The molecule has 0 spiro atoms. The van der Waals surface area contributed by atoms with Gasteiger partial charge in [-0.1, -0.05) is 36.9 Å². The van der Waals surface area contributed by atoms with Crippen molar-refractivity contribution < 1.29 is 9.84 Å². The third-order valence-corrected chi connectivity index (χ3v) is 4.17. The first kappa shape index (κ1) is 9.71. The second kappa shape index (κ2) is 4.60. The second-order valence-electron chi connectivity index (χ2n) is 2.54. The average Bonchev–Trinajstić information content (AvgIpc) is 2.03. The van der Waals surface area contributed by atoms with Crippen LogP contribution in [-0.2, 0) is 4.74 Å². The molecule has 11 heavy (non-hydrogen) atoms. The van der Waals surface area contributed by atoms with Crippen LogP contribution in [0.5, 0.6) is 0 Å². The highest BCUT2D eigenvalue weighted by molar-refractivity contribution is 8.18. The maximum absolute atomic E-state index is 9.85. The zero-order chi connectivity index (χ0) is 8.16. The quantitative estimate of drug-likeness (QED) is 0.746. The van der Waals surface area contributed by atoms with Gasteiger partial charge in [0.15, 0.2) is 4.27 Å². The van der Waals surface area contributed by atoms with Gasteiger partial charge >= 0.3 is 0 Å². The number of aliphatic hydroxyl groups is 1. The van der Waals surface area contributed by atoms with Crippen LogP contribution in [0.4, 0.5) is 0 Å². The first-order valence-electron chi connectivity index (χ1n) is 3.85. The molecule has 1 N–H and O–H groups in total. The molecular weight excluding hydrogens is 180 g/mol. The Morgan fingerprint density at radius 2 is 2.09 bits per heavy atom. The summed E-state index contributed by atoms with van der Waals surface area (Å²) in [6.07, 6.45) is 3.11. The van der Waals surface area contributed by atoms with Gasteiger partial charge in [0.2, 0.25) is 0 Å². The molecule has 0 atom stereocenters. The molecule has 4 heteroatoms. The van der Waals surface area contributed by atoms with Gasteiger partial charge in [-0.3, -0.25) is 0 Å². The maximum atomic E-state index is 9.85. The van der Waals surface area contributed by atoms with Crippen LogP contribution in [0.2, 0.25) is 0 Å². The fraction of sp³-hybridized carbons (Fsp3) is 1.00. The summed E-state index contributed by atoms with van der Waals surface area (Å²) < 4.78 is 4.55. The Bertz CT molecular complexity index is 113. The standard InChI is InChI=1S/C7H14O2S2/c1-2-3-4-7(8)10-5-9-6-11-7/h8H,2-6H2,1H3. The minimum absolute atomic E-state index is 0.561. The van der Waals surface area contributed by atoms with Crippen molar-refractivity contribution >= 4 is 23.5 Å². The summed E-state index contributed by atoms with van der Waals surface area (Å²) in [5, 5.41) is 9.85. The van der Waals surface area contributed by atoms with Gasteiger partial charge in [-0.2, -0.15) is 0 Å². The van der Waals surface area contributed by atoms with E-state index in [9.17, 15) is 5.11 Å². The molecule has 0 saturated carbocycles. The summed E-state index contributed by atoms with van der Waals surface area (Å²) in [6.45, 7) is 2.14. The van der Waals surface area contributed by atoms with Crippen LogP contribution in [0.25, 0.3) is 0 Å². The maximum Gasteiger partial charge on any atom is 0.161 e. The lowest BCUT2D eigenvalue weighted by atomic mass is 10.3. The Labute approximate surface area is 76.1 Å². The van der Waals surface area contributed by atoms with Crippen molar-refractivity contribution in [1.82, 2.24) is 0 Å². The van der Waals surface area contributed by atoms with Crippen molar-refractivity contribution in [2.45, 2.75) is 30.5 Å². The zero-order valence-corrected chi connectivity index (χ0v) is 8.34. The van der Waals surface area contributed by atoms with Crippen molar-refractivity contribution in [1.29, 1.82) is 0 Å².